The van der Waals surface area contributed by atoms with E-state index in [1.807, 2.05) is 24.3 Å². The zero-order valence-corrected chi connectivity index (χ0v) is 16.6. The van der Waals surface area contributed by atoms with Gasteiger partial charge in [-0.25, -0.2) is 0 Å². The van der Waals surface area contributed by atoms with Crippen LogP contribution in [0.4, 0.5) is 11.4 Å². The minimum atomic E-state index is -0.213. The molecule has 29 heavy (non-hydrogen) atoms. The van der Waals surface area contributed by atoms with Crippen molar-refractivity contribution in [2.45, 2.75) is 44.9 Å². The fourth-order valence-electron chi connectivity index (χ4n) is 6.43. The summed E-state index contributed by atoms with van der Waals surface area (Å²) in [6.45, 7) is 0. The lowest BCUT2D eigenvalue weighted by molar-refractivity contribution is -0.124. The summed E-state index contributed by atoms with van der Waals surface area (Å²) in [6.07, 6.45) is 11.7. The van der Waals surface area contributed by atoms with Gasteiger partial charge in [-0.1, -0.05) is 6.07 Å². The van der Waals surface area contributed by atoms with Gasteiger partial charge in [0.2, 0.25) is 5.91 Å². The highest BCUT2D eigenvalue weighted by atomic mass is 16.2. The van der Waals surface area contributed by atoms with E-state index >= 15 is 0 Å². The molecule has 1 aromatic heterocycles. The second kappa shape index (κ2) is 7.29. The Balaban J connectivity index is 1.22. The first-order valence-corrected chi connectivity index (χ1v) is 10.7. The average Bonchev–Trinajstić information content (AvgIpc) is 2.67. The molecule has 0 spiro atoms. The van der Waals surface area contributed by atoms with Crippen LogP contribution in [0.5, 0.6) is 0 Å². The Morgan fingerprint density at radius 2 is 1.59 bits per heavy atom. The van der Waals surface area contributed by atoms with Crippen LogP contribution in [0.3, 0.4) is 0 Å². The van der Waals surface area contributed by atoms with E-state index in [9.17, 15) is 9.59 Å². The van der Waals surface area contributed by atoms with E-state index in [2.05, 4.69) is 15.6 Å². The molecule has 0 atom stereocenters. The van der Waals surface area contributed by atoms with E-state index in [1.54, 1.807) is 18.3 Å². The molecule has 5 nitrogen and oxygen atoms in total. The summed E-state index contributed by atoms with van der Waals surface area (Å²) in [5.41, 5.74) is 2.12. The molecule has 2 aromatic rings. The molecule has 0 unspecified atom stereocenters. The van der Waals surface area contributed by atoms with Crippen LogP contribution in [-0.4, -0.2) is 16.8 Å². The van der Waals surface area contributed by atoms with E-state index in [-0.39, 0.29) is 17.2 Å². The number of carbonyl (C=O) groups is 2. The molecule has 4 aliphatic rings. The summed E-state index contributed by atoms with van der Waals surface area (Å²) in [6, 6.07) is 10.8. The number of anilines is 2. The Morgan fingerprint density at radius 1 is 0.931 bits per heavy atom. The minimum Gasteiger partial charge on any atom is -0.326 e. The molecule has 1 heterocycles. The number of aromatic nitrogens is 1. The lowest BCUT2D eigenvalue weighted by Gasteiger charge is -2.56. The van der Waals surface area contributed by atoms with Crippen molar-refractivity contribution in [2.75, 3.05) is 10.6 Å². The van der Waals surface area contributed by atoms with Gasteiger partial charge in [-0.05, 0) is 92.0 Å². The van der Waals surface area contributed by atoms with Crippen LogP contribution in [0, 0.1) is 23.2 Å². The molecular weight excluding hydrogens is 362 g/mol. The van der Waals surface area contributed by atoms with Gasteiger partial charge in [-0.2, -0.15) is 0 Å². The largest absolute Gasteiger partial charge is 0.326 e. The first-order valence-electron chi connectivity index (χ1n) is 10.7. The van der Waals surface area contributed by atoms with Gasteiger partial charge < -0.3 is 10.6 Å². The number of pyridine rings is 1. The second-order valence-electron chi connectivity index (χ2n) is 9.42. The fraction of sp³-hybridized carbons (Fsp3) is 0.458. The Labute approximate surface area is 171 Å². The SMILES string of the molecule is O=C(CC12CC3CC(CC(C3)C1)C2)Nc1cccc(NC(=O)c2cccnc2)c1. The zero-order valence-electron chi connectivity index (χ0n) is 16.6. The van der Waals surface area contributed by atoms with Crippen LogP contribution in [0.2, 0.25) is 0 Å². The van der Waals surface area contributed by atoms with Crippen molar-refractivity contribution < 1.29 is 9.59 Å². The predicted octanol–water partition coefficient (Wildman–Crippen LogP) is 4.88. The summed E-state index contributed by atoms with van der Waals surface area (Å²) in [4.78, 5) is 29.1. The molecular formula is C24H27N3O2. The number of rotatable bonds is 5. The van der Waals surface area contributed by atoms with Gasteiger partial charge >= 0.3 is 0 Å². The average molecular weight is 389 g/mol. The Bertz CT molecular complexity index is 889. The third-order valence-electron chi connectivity index (χ3n) is 7.03. The first kappa shape index (κ1) is 18.3. The van der Waals surface area contributed by atoms with Crippen LogP contribution < -0.4 is 10.6 Å². The van der Waals surface area contributed by atoms with Crippen LogP contribution in [0.15, 0.2) is 48.8 Å². The summed E-state index contributed by atoms with van der Waals surface area (Å²) in [5, 5.41) is 5.94. The van der Waals surface area contributed by atoms with Crippen LogP contribution in [-0.2, 0) is 4.79 Å². The smallest absolute Gasteiger partial charge is 0.257 e. The quantitative estimate of drug-likeness (QED) is 0.766. The molecule has 2 amide bonds. The van der Waals surface area contributed by atoms with Gasteiger partial charge in [-0.3, -0.25) is 14.6 Å². The van der Waals surface area contributed by atoms with Crippen molar-refractivity contribution in [1.82, 2.24) is 4.98 Å². The molecule has 0 radical (unpaired) electrons. The normalized spacial score (nSPS) is 29.4. The van der Waals surface area contributed by atoms with E-state index in [0.717, 1.165) is 23.4 Å². The zero-order chi connectivity index (χ0) is 19.8. The molecule has 150 valence electrons. The first-order chi connectivity index (χ1) is 14.1. The number of amides is 2. The summed E-state index contributed by atoms with van der Waals surface area (Å²) in [5.74, 6) is 2.43. The molecule has 4 aliphatic carbocycles. The lowest BCUT2D eigenvalue weighted by Crippen LogP contribution is -2.47. The maximum Gasteiger partial charge on any atom is 0.257 e. The highest BCUT2D eigenvalue weighted by molar-refractivity contribution is 6.04. The summed E-state index contributed by atoms with van der Waals surface area (Å²) in [7, 11) is 0. The number of benzene rings is 1. The maximum absolute atomic E-state index is 12.8. The second-order valence-corrected chi connectivity index (χ2v) is 9.42. The van der Waals surface area contributed by atoms with Crippen molar-refractivity contribution in [3.8, 4) is 0 Å². The lowest BCUT2D eigenvalue weighted by atomic mass is 9.49. The molecule has 6 rings (SSSR count). The monoisotopic (exact) mass is 389 g/mol. The molecule has 4 bridgehead atoms. The third-order valence-corrected chi connectivity index (χ3v) is 7.03. The van der Waals surface area contributed by atoms with Gasteiger partial charge in [0, 0.05) is 30.2 Å². The number of nitrogens with zero attached hydrogens (tertiary/aromatic N) is 1. The van der Waals surface area contributed by atoms with Gasteiger partial charge in [-0.15, -0.1) is 0 Å². The Morgan fingerprint density at radius 3 is 2.21 bits per heavy atom. The fourth-order valence-corrected chi connectivity index (χ4v) is 6.43. The van der Waals surface area contributed by atoms with Crippen molar-refractivity contribution in [1.29, 1.82) is 0 Å². The number of nitrogens with one attached hydrogen (secondary N) is 2. The molecule has 2 N–H and O–H groups in total. The predicted molar refractivity (Wildman–Crippen MR) is 112 cm³/mol. The van der Waals surface area contributed by atoms with Crippen molar-refractivity contribution in [3.05, 3.63) is 54.4 Å². The molecule has 0 saturated heterocycles. The third kappa shape index (κ3) is 3.91. The van der Waals surface area contributed by atoms with Gasteiger partial charge in [0.1, 0.15) is 0 Å². The molecule has 4 fully saturated rings. The number of hydrogen-bond donors (Lipinski definition) is 2. The van der Waals surface area contributed by atoms with E-state index in [4.69, 9.17) is 0 Å². The topological polar surface area (TPSA) is 71.1 Å². The number of hydrogen-bond acceptors (Lipinski definition) is 3. The number of carbonyl (C=O) groups excluding carboxylic acids is 2. The maximum atomic E-state index is 12.8. The van der Waals surface area contributed by atoms with Gasteiger partial charge in [0.25, 0.3) is 5.91 Å². The highest BCUT2D eigenvalue weighted by Crippen LogP contribution is 2.61. The van der Waals surface area contributed by atoms with Crippen molar-refractivity contribution in [3.63, 3.8) is 0 Å². The van der Waals surface area contributed by atoms with E-state index in [0.29, 0.717) is 17.7 Å². The standard InChI is InChI=1S/C24H27N3O2/c28-22(14-24-11-16-7-17(12-24)9-18(8-16)13-24)26-20-4-1-5-21(10-20)27-23(29)19-3-2-6-25-15-19/h1-6,10,15-18H,7-9,11-14H2,(H,26,28)(H,27,29). The summed E-state index contributed by atoms with van der Waals surface area (Å²) < 4.78 is 0. The van der Waals surface area contributed by atoms with Crippen molar-refractivity contribution >= 4 is 23.2 Å². The Kier molecular flexibility index (Phi) is 4.61. The van der Waals surface area contributed by atoms with Crippen LogP contribution >= 0.6 is 0 Å². The van der Waals surface area contributed by atoms with E-state index < -0.39 is 0 Å². The molecule has 1 aromatic carbocycles. The van der Waals surface area contributed by atoms with Crippen LogP contribution in [0.25, 0.3) is 0 Å². The molecule has 0 aliphatic heterocycles. The van der Waals surface area contributed by atoms with Crippen molar-refractivity contribution in [2.24, 2.45) is 23.2 Å². The van der Waals surface area contributed by atoms with Gasteiger partial charge in [0.15, 0.2) is 0 Å². The molecule has 5 heteroatoms. The molecule has 4 saturated carbocycles. The highest BCUT2D eigenvalue weighted by Gasteiger charge is 2.51. The Hall–Kier alpha value is -2.69. The summed E-state index contributed by atoms with van der Waals surface area (Å²) >= 11 is 0. The van der Waals surface area contributed by atoms with Crippen LogP contribution in [0.1, 0.15) is 55.3 Å². The minimum absolute atomic E-state index is 0.0997. The van der Waals surface area contributed by atoms with E-state index in [1.165, 1.54) is 44.7 Å². The van der Waals surface area contributed by atoms with Gasteiger partial charge in [0.05, 0.1) is 5.56 Å².